The van der Waals surface area contributed by atoms with E-state index in [1.165, 1.54) is 28.9 Å². The van der Waals surface area contributed by atoms with Crippen molar-refractivity contribution in [2.24, 2.45) is 0 Å². The zero-order valence-corrected chi connectivity index (χ0v) is 14.3. The summed E-state index contributed by atoms with van der Waals surface area (Å²) in [7, 11) is 0. The number of nitrogens with zero attached hydrogens (tertiary/aromatic N) is 3. The number of nitrogens with two attached hydrogens (primary N) is 1. The van der Waals surface area contributed by atoms with Gasteiger partial charge in [-0.2, -0.15) is 0 Å². The van der Waals surface area contributed by atoms with E-state index in [0.29, 0.717) is 12.2 Å². The van der Waals surface area contributed by atoms with Gasteiger partial charge in [-0.05, 0) is 48.2 Å². The van der Waals surface area contributed by atoms with Crippen LogP contribution in [0.15, 0.2) is 53.4 Å². The van der Waals surface area contributed by atoms with E-state index in [-0.39, 0.29) is 17.3 Å². The Morgan fingerprint density at radius 3 is 2.52 bits per heavy atom. The lowest BCUT2D eigenvalue weighted by Gasteiger charge is -2.06. The number of anilines is 2. The maximum Gasteiger partial charge on any atom is 0.280 e. The highest BCUT2D eigenvalue weighted by Gasteiger charge is 2.17. The SMILES string of the molecule is CSc1ccc(Cn2nnc(C(=O)Nc3ccc(F)cc3)c2N)cc1. The van der Waals surface area contributed by atoms with Crippen LogP contribution in [-0.4, -0.2) is 27.2 Å². The van der Waals surface area contributed by atoms with Crippen molar-refractivity contribution in [3.63, 3.8) is 0 Å². The summed E-state index contributed by atoms with van der Waals surface area (Å²) in [4.78, 5) is 13.4. The zero-order chi connectivity index (χ0) is 17.8. The van der Waals surface area contributed by atoms with E-state index in [1.54, 1.807) is 11.8 Å². The van der Waals surface area contributed by atoms with E-state index in [2.05, 4.69) is 15.6 Å². The molecule has 0 spiro atoms. The first kappa shape index (κ1) is 17.0. The van der Waals surface area contributed by atoms with Crippen molar-refractivity contribution in [3.05, 3.63) is 65.6 Å². The molecule has 0 aliphatic rings. The Morgan fingerprint density at radius 1 is 1.20 bits per heavy atom. The van der Waals surface area contributed by atoms with Crippen LogP contribution in [0.1, 0.15) is 16.1 Å². The van der Waals surface area contributed by atoms with Gasteiger partial charge in [-0.15, -0.1) is 16.9 Å². The largest absolute Gasteiger partial charge is 0.382 e. The van der Waals surface area contributed by atoms with E-state index >= 15 is 0 Å². The van der Waals surface area contributed by atoms with Crippen molar-refractivity contribution in [3.8, 4) is 0 Å². The van der Waals surface area contributed by atoms with E-state index in [4.69, 9.17) is 5.73 Å². The number of carbonyl (C=O) groups excluding carboxylic acids is 1. The van der Waals surface area contributed by atoms with Gasteiger partial charge in [-0.3, -0.25) is 4.79 Å². The molecule has 25 heavy (non-hydrogen) atoms. The Hall–Kier alpha value is -2.87. The fourth-order valence-electron chi connectivity index (χ4n) is 2.23. The number of hydrogen-bond donors (Lipinski definition) is 2. The summed E-state index contributed by atoms with van der Waals surface area (Å²) in [6.07, 6.45) is 2.01. The van der Waals surface area contributed by atoms with Gasteiger partial charge in [-0.1, -0.05) is 17.3 Å². The lowest BCUT2D eigenvalue weighted by atomic mass is 10.2. The molecule has 0 aliphatic heterocycles. The smallest absolute Gasteiger partial charge is 0.280 e. The molecule has 3 N–H and O–H groups in total. The summed E-state index contributed by atoms with van der Waals surface area (Å²) >= 11 is 1.66. The van der Waals surface area contributed by atoms with Crippen LogP contribution in [0.2, 0.25) is 0 Å². The van der Waals surface area contributed by atoms with Crippen LogP contribution in [0.3, 0.4) is 0 Å². The highest BCUT2D eigenvalue weighted by Crippen LogP contribution is 2.17. The monoisotopic (exact) mass is 357 g/mol. The molecule has 0 atom stereocenters. The van der Waals surface area contributed by atoms with E-state index in [9.17, 15) is 9.18 Å². The van der Waals surface area contributed by atoms with Crippen LogP contribution in [0, 0.1) is 5.82 Å². The molecule has 0 saturated heterocycles. The number of nitrogen functional groups attached to an aromatic ring is 1. The van der Waals surface area contributed by atoms with Gasteiger partial charge in [0.2, 0.25) is 0 Å². The molecule has 0 aliphatic carbocycles. The first-order chi connectivity index (χ1) is 12.1. The van der Waals surface area contributed by atoms with E-state index in [1.807, 2.05) is 30.5 Å². The topological polar surface area (TPSA) is 85.8 Å². The molecular weight excluding hydrogens is 341 g/mol. The van der Waals surface area contributed by atoms with E-state index in [0.717, 1.165) is 10.5 Å². The molecule has 0 saturated carbocycles. The second-order valence-corrected chi connectivity index (χ2v) is 6.17. The molecule has 128 valence electrons. The first-order valence-electron chi connectivity index (χ1n) is 7.45. The number of nitrogens with one attached hydrogen (secondary N) is 1. The fraction of sp³-hybridized carbons (Fsp3) is 0.118. The lowest BCUT2D eigenvalue weighted by molar-refractivity contribution is 0.102. The third kappa shape index (κ3) is 3.97. The van der Waals surface area contributed by atoms with Gasteiger partial charge in [0.05, 0.1) is 6.54 Å². The molecule has 6 nitrogen and oxygen atoms in total. The van der Waals surface area contributed by atoms with Gasteiger partial charge >= 0.3 is 0 Å². The standard InChI is InChI=1S/C17H16FN5OS/c1-25-14-8-2-11(3-9-14)10-23-16(19)15(21-22-23)17(24)20-13-6-4-12(18)5-7-13/h2-9H,10,19H2,1H3,(H,20,24). The number of hydrogen-bond acceptors (Lipinski definition) is 5. The van der Waals surface area contributed by atoms with Crippen LogP contribution in [-0.2, 0) is 6.54 Å². The molecule has 1 aromatic heterocycles. The van der Waals surface area contributed by atoms with E-state index < -0.39 is 5.91 Å². The number of rotatable bonds is 5. The predicted molar refractivity (Wildman–Crippen MR) is 96.1 cm³/mol. The van der Waals surface area contributed by atoms with Gasteiger partial charge in [0.1, 0.15) is 5.82 Å². The summed E-state index contributed by atoms with van der Waals surface area (Å²) in [5.74, 6) is -0.697. The maximum absolute atomic E-state index is 12.9. The molecule has 0 bridgehead atoms. The minimum absolute atomic E-state index is 0.0325. The van der Waals surface area contributed by atoms with Gasteiger partial charge in [0.25, 0.3) is 5.91 Å². The van der Waals surface area contributed by atoms with Crippen molar-refractivity contribution < 1.29 is 9.18 Å². The van der Waals surface area contributed by atoms with Crippen molar-refractivity contribution >= 4 is 29.2 Å². The van der Waals surface area contributed by atoms with Gasteiger partial charge in [-0.25, -0.2) is 9.07 Å². The molecule has 3 aromatic rings. The number of aromatic nitrogens is 3. The highest BCUT2D eigenvalue weighted by molar-refractivity contribution is 7.98. The third-order valence-electron chi connectivity index (χ3n) is 3.58. The maximum atomic E-state index is 12.9. The zero-order valence-electron chi connectivity index (χ0n) is 13.4. The summed E-state index contributed by atoms with van der Waals surface area (Å²) in [5, 5.41) is 10.4. The summed E-state index contributed by atoms with van der Waals surface area (Å²) < 4.78 is 14.4. The Balaban J connectivity index is 1.73. The number of benzene rings is 2. The second kappa shape index (κ2) is 7.35. The van der Waals surface area contributed by atoms with Crippen molar-refractivity contribution in [2.45, 2.75) is 11.4 Å². The number of halogens is 1. The Bertz CT molecular complexity index is 877. The molecule has 0 fully saturated rings. The molecule has 1 heterocycles. The van der Waals surface area contributed by atoms with Crippen molar-refractivity contribution in [1.82, 2.24) is 15.0 Å². The normalized spacial score (nSPS) is 10.6. The molecule has 3 rings (SSSR count). The van der Waals surface area contributed by atoms with Crippen LogP contribution in [0.5, 0.6) is 0 Å². The van der Waals surface area contributed by atoms with Crippen LogP contribution < -0.4 is 11.1 Å². The summed E-state index contributed by atoms with van der Waals surface area (Å²) in [6, 6.07) is 13.4. The molecule has 0 radical (unpaired) electrons. The number of amides is 1. The highest BCUT2D eigenvalue weighted by atomic mass is 32.2. The van der Waals surface area contributed by atoms with Gasteiger partial charge < -0.3 is 11.1 Å². The number of thioether (sulfide) groups is 1. The Kier molecular flexibility index (Phi) is 4.99. The third-order valence-corrected chi connectivity index (χ3v) is 4.33. The average molecular weight is 357 g/mol. The van der Waals surface area contributed by atoms with Gasteiger partial charge in [0.15, 0.2) is 11.5 Å². The summed E-state index contributed by atoms with van der Waals surface area (Å²) in [6.45, 7) is 0.414. The fourth-order valence-corrected chi connectivity index (χ4v) is 2.63. The summed E-state index contributed by atoms with van der Waals surface area (Å²) in [5.41, 5.74) is 7.48. The molecular formula is C17H16FN5OS. The van der Waals surface area contributed by atoms with Crippen molar-refractivity contribution in [2.75, 3.05) is 17.3 Å². The predicted octanol–water partition coefficient (Wildman–Crippen LogP) is 3.02. The Morgan fingerprint density at radius 2 is 1.88 bits per heavy atom. The van der Waals surface area contributed by atoms with Crippen LogP contribution in [0.4, 0.5) is 15.9 Å². The minimum Gasteiger partial charge on any atom is -0.382 e. The molecule has 0 unspecified atom stereocenters. The molecule has 2 aromatic carbocycles. The average Bonchev–Trinajstić information content (AvgIpc) is 2.98. The molecule has 8 heteroatoms. The minimum atomic E-state index is -0.493. The Labute approximate surface area is 148 Å². The second-order valence-electron chi connectivity index (χ2n) is 5.29. The lowest BCUT2D eigenvalue weighted by Crippen LogP contribution is -2.15. The van der Waals surface area contributed by atoms with Crippen LogP contribution in [0.25, 0.3) is 0 Å². The molecule has 1 amide bonds. The number of carbonyl (C=O) groups is 1. The quantitative estimate of drug-likeness (QED) is 0.686. The van der Waals surface area contributed by atoms with Crippen LogP contribution >= 0.6 is 11.8 Å². The van der Waals surface area contributed by atoms with Crippen molar-refractivity contribution in [1.29, 1.82) is 0 Å². The first-order valence-corrected chi connectivity index (χ1v) is 8.68. The van der Waals surface area contributed by atoms with Gasteiger partial charge in [0, 0.05) is 10.6 Å².